The van der Waals surface area contributed by atoms with Crippen LogP contribution in [-0.4, -0.2) is 58.9 Å². The molecule has 210 valence electrons. The van der Waals surface area contributed by atoms with Gasteiger partial charge in [0.25, 0.3) is 0 Å². The number of aromatic nitrogens is 2. The van der Waals surface area contributed by atoms with Crippen molar-refractivity contribution in [2.45, 2.75) is 87.5 Å². The molecule has 2 aliphatic carbocycles. The van der Waals surface area contributed by atoms with Crippen molar-refractivity contribution in [2.75, 3.05) is 30.8 Å². The second-order valence-electron chi connectivity index (χ2n) is 12.0. The van der Waals surface area contributed by atoms with E-state index in [9.17, 15) is 14.0 Å². The van der Waals surface area contributed by atoms with Crippen LogP contribution >= 0.6 is 0 Å². The lowest BCUT2D eigenvalue weighted by Crippen LogP contribution is -2.41. The Morgan fingerprint density at radius 1 is 1.27 bits per heavy atom. The van der Waals surface area contributed by atoms with Gasteiger partial charge in [-0.2, -0.15) is 15.2 Å². The van der Waals surface area contributed by atoms with Crippen LogP contribution in [0.15, 0.2) is 24.5 Å². The van der Waals surface area contributed by atoms with Crippen molar-refractivity contribution in [3.63, 3.8) is 0 Å². The van der Waals surface area contributed by atoms with E-state index in [1.54, 1.807) is 12.3 Å². The molecule has 3 aliphatic heterocycles. The van der Waals surface area contributed by atoms with Crippen LogP contribution < -0.4 is 15.4 Å². The van der Waals surface area contributed by atoms with Crippen LogP contribution in [0.1, 0.15) is 66.5 Å². The summed E-state index contributed by atoms with van der Waals surface area (Å²) in [4.78, 5) is 13.6. The average molecular weight is 549 g/mol. The highest BCUT2D eigenvalue weighted by molar-refractivity contribution is 5.63. The highest BCUT2D eigenvalue weighted by Crippen LogP contribution is 2.49. The molecule has 1 spiro atoms. The van der Waals surface area contributed by atoms with E-state index in [1.807, 2.05) is 24.1 Å². The highest BCUT2D eigenvalue weighted by Gasteiger charge is 2.48. The Balaban J connectivity index is 1.25. The van der Waals surface area contributed by atoms with Gasteiger partial charge >= 0.3 is 6.01 Å². The first-order valence-corrected chi connectivity index (χ1v) is 14.3. The zero-order valence-corrected chi connectivity index (χ0v) is 22.7. The Morgan fingerprint density at radius 2 is 2.12 bits per heavy atom. The Kier molecular flexibility index (Phi) is 6.02. The molecule has 2 aromatic rings. The lowest BCUT2D eigenvalue weighted by Gasteiger charge is -2.43. The van der Waals surface area contributed by atoms with Crippen molar-refractivity contribution in [1.82, 2.24) is 14.9 Å². The molecule has 1 aromatic carbocycles. The van der Waals surface area contributed by atoms with Crippen LogP contribution in [0, 0.1) is 11.3 Å². The van der Waals surface area contributed by atoms with Crippen LogP contribution in [0.2, 0.25) is 0 Å². The van der Waals surface area contributed by atoms with Gasteiger partial charge in [0.15, 0.2) is 0 Å². The first-order chi connectivity index (χ1) is 19.3. The molecule has 5 aliphatic rings. The van der Waals surface area contributed by atoms with E-state index in [0.717, 1.165) is 61.0 Å². The summed E-state index contributed by atoms with van der Waals surface area (Å²) in [6.45, 7) is 1.59. The average Bonchev–Trinajstić information content (AvgIpc) is 3.42. The minimum atomic E-state index is -0.898. The molecule has 40 heavy (non-hydrogen) atoms. The molecule has 1 aromatic heterocycles. The number of hydrogen-bond acceptors (Lipinski definition) is 8. The molecule has 2 unspecified atom stereocenters. The van der Waals surface area contributed by atoms with Gasteiger partial charge in [0.05, 0.1) is 30.2 Å². The predicted molar refractivity (Wildman–Crippen MR) is 145 cm³/mol. The minimum absolute atomic E-state index is 0.171. The quantitative estimate of drug-likeness (QED) is 0.437. The Hall–Kier alpha value is -3.29. The summed E-state index contributed by atoms with van der Waals surface area (Å²) >= 11 is 0. The maximum atomic E-state index is 14.2. The minimum Gasteiger partial charge on any atom is -0.432 e. The number of benzene rings is 1. The van der Waals surface area contributed by atoms with Crippen LogP contribution in [0.25, 0.3) is 0 Å². The summed E-state index contributed by atoms with van der Waals surface area (Å²) in [5.41, 5.74) is 9.61. The standard InChI is InChI=1S/C30H34F2N6O2/c1-37(25-12-22(25)32)27-21-17-40-30(8-2-4-18-5-6-23(34)20(15-33)26(18)30)14-24(21)35-28(36-27)39-11-9-29-7-3-10-38(29)16-19(31)13-29/h5-6,9,11,19,22,25H,2-4,7-8,10,12-14,16-17,34H2,1H3/b11-9+/t19-,22-,25?,29?,30+/m1/s1. The molecule has 0 bridgehead atoms. The molecule has 7 rings (SSSR count). The predicted octanol–water partition coefficient (Wildman–Crippen LogP) is 4.25. The first kappa shape index (κ1) is 25.7. The summed E-state index contributed by atoms with van der Waals surface area (Å²) in [6.07, 6.45) is 7.61. The summed E-state index contributed by atoms with van der Waals surface area (Å²) < 4.78 is 41.0. The fourth-order valence-electron chi connectivity index (χ4n) is 7.52. The van der Waals surface area contributed by atoms with Gasteiger partial charge in [-0.25, -0.2) is 8.78 Å². The third-order valence-electron chi connectivity index (χ3n) is 9.64. The van der Waals surface area contributed by atoms with Crippen molar-refractivity contribution < 1.29 is 18.3 Å². The molecule has 2 N–H and O–H groups in total. The van der Waals surface area contributed by atoms with Crippen molar-refractivity contribution >= 4 is 11.5 Å². The van der Waals surface area contributed by atoms with Gasteiger partial charge in [0, 0.05) is 55.2 Å². The van der Waals surface area contributed by atoms with E-state index >= 15 is 0 Å². The van der Waals surface area contributed by atoms with Crippen molar-refractivity contribution in [3.05, 3.63) is 52.4 Å². The van der Waals surface area contributed by atoms with Gasteiger partial charge in [0.1, 0.15) is 29.8 Å². The summed E-state index contributed by atoms with van der Waals surface area (Å²) in [6, 6.07) is 6.03. The van der Waals surface area contributed by atoms with E-state index in [-0.39, 0.29) is 24.2 Å². The number of aryl methyl sites for hydroxylation is 1. The van der Waals surface area contributed by atoms with Crippen LogP contribution in [0.3, 0.4) is 0 Å². The summed E-state index contributed by atoms with van der Waals surface area (Å²) in [7, 11) is 1.84. The Labute approximate surface area is 232 Å². The molecule has 3 fully saturated rings. The Bertz CT molecular complexity index is 1430. The van der Waals surface area contributed by atoms with Crippen molar-refractivity contribution in [3.8, 4) is 12.1 Å². The molecular formula is C30H34F2N6O2. The smallest absolute Gasteiger partial charge is 0.323 e. The number of ether oxygens (including phenoxy) is 2. The molecule has 10 heteroatoms. The Morgan fingerprint density at radius 3 is 2.92 bits per heavy atom. The zero-order chi connectivity index (χ0) is 27.6. The maximum Gasteiger partial charge on any atom is 0.323 e. The van der Waals surface area contributed by atoms with Gasteiger partial charge < -0.3 is 20.1 Å². The van der Waals surface area contributed by atoms with Gasteiger partial charge in [-0.15, -0.1) is 0 Å². The second kappa shape index (κ2) is 9.38. The molecule has 4 heterocycles. The number of alkyl halides is 2. The molecule has 8 nitrogen and oxygen atoms in total. The second-order valence-corrected chi connectivity index (χ2v) is 12.0. The van der Waals surface area contributed by atoms with Gasteiger partial charge in [-0.05, 0) is 56.4 Å². The third kappa shape index (κ3) is 4.05. The molecule has 2 saturated heterocycles. The maximum absolute atomic E-state index is 14.2. The number of nitrogens with zero attached hydrogens (tertiary/aromatic N) is 5. The summed E-state index contributed by atoms with van der Waals surface area (Å²) in [5, 5.41) is 10.00. The fraction of sp³-hybridized carbons (Fsp3) is 0.567. The topological polar surface area (TPSA) is 101 Å². The van der Waals surface area contributed by atoms with E-state index in [1.165, 1.54) is 0 Å². The zero-order valence-electron chi connectivity index (χ0n) is 22.7. The molecule has 0 radical (unpaired) electrons. The van der Waals surface area contributed by atoms with Crippen LogP contribution in [0.5, 0.6) is 6.01 Å². The lowest BCUT2D eigenvalue weighted by atomic mass is 9.72. The molecule has 1 saturated carbocycles. The first-order valence-electron chi connectivity index (χ1n) is 14.3. The summed E-state index contributed by atoms with van der Waals surface area (Å²) in [5.74, 6) is 0.600. The molecular weight excluding hydrogens is 514 g/mol. The number of rotatable bonds is 5. The molecule has 0 amide bonds. The fourth-order valence-corrected chi connectivity index (χ4v) is 7.52. The SMILES string of the molecule is CN(c1nc(O/C=C/C23CCCN2C[C@H](F)C3)nc2c1CO[C@@]1(CCCc3ccc(N)c(C#N)c31)C2)C1C[C@H]1F. The normalized spacial score (nSPS) is 32.5. The number of nitrogen functional groups attached to an aromatic ring is 1. The van der Waals surface area contributed by atoms with Crippen molar-refractivity contribution in [1.29, 1.82) is 5.26 Å². The third-order valence-corrected chi connectivity index (χ3v) is 9.64. The molecule has 5 atom stereocenters. The van der Waals surface area contributed by atoms with Crippen LogP contribution in [0.4, 0.5) is 20.3 Å². The van der Waals surface area contributed by atoms with Crippen LogP contribution in [-0.2, 0) is 29.8 Å². The number of halogens is 2. The number of anilines is 2. The largest absolute Gasteiger partial charge is 0.432 e. The van der Waals surface area contributed by atoms with Gasteiger partial charge in [-0.1, -0.05) is 6.07 Å². The van der Waals surface area contributed by atoms with Gasteiger partial charge in [-0.3, -0.25) is 4.90 Å². The number of fused-ring (bicyclic) bond motifs is 4. The van der Waals surface area contributed by atoms with Crippen molar-refractivity contribution in [2.24, 2.45) is 0 Å². The van der Waals surface area contributed by atoms with E-state index < -0.39 is 17.9 Å². The number of hydrogen-bond donors (Lipinski definition) is 1. The monoisotopic (exact) mass is 548 g/mol. The number of nitriles is 1. The highest BCUT2D eigenvalue weighted by atomic mass is 19.1. The number of nitrogens with two attached hydrogens (primary N) is 1. The van der Waals surface area contributed by atoms with Gasteiger partial charge in [0.2, 0.25) is 0 Å². The lowest BCUT2D eigenvalue weighted by molar-refractivity contribution is -0.0856. The van der Waals surface area contributed by atoms with E-state index in [2.05, 4.69) is 11.0 Å². The van der Waals surface area contributed by atoms with E-state index in [0.29, 0.717) is 42.9 Å². The van der Waals surface area contributed by atoms with E-state index in [4.69, 9.17) is 25.2 Å².